The van der Waals surface area contributed by atoms with Crippen LogP contribution in [0.5, 0.6) is 0 Å². The molecule has 1 fully saturated rings. The van der Waals surface area contributed by atoms with Gasteiger partial charge in [-0.05, 0) is 41.2 Å². The number of nitrogens with zero attached hydrogens (tertiary/aromatic N) is 7. The molecule has 1 saturated carbocycles. The SMILES string of the molecule is CCCCn1nc(CCC2CCCCC2)nc1Cc1ccc(-c2cnccc2-c2nn[nH]n2)cc1. The number of benzene rings is 1. The number of hydrogen-bond donors (Lipinski definition) is 1. The number of unbranched alkanes of at least 4 members (excludes halogenated alkanes) is 1. The highest BCUT2D eigenvalue weighted by atomic mass is 15.5. The van der Waals surface area contributed by atoms with E-state index in [2.05, 4.69) is 61.5 Å². The van der Waals surface area contributed by atoms with Crippen molar-refractivity contribution in [3.05, 3.63) is 59.9 Å². The molecule has 1 aromatic carbocycles. The van der Waals surface area contributed by atoms with Gasteiger partial charge in [0, 0.05) is 42.9 Å². The van der Waals surface area contributed by atoms with Gasteiger partial charge in [0.25, 0.3) is 0 Å². The van der Waals surface area contributed by atoms with E-state index in [0.29, 0.717) is 5.82 Å². The number of aromatic nitrogens is 8. The zero-order valence-corrected chi connectivity index (χ0v) is 20.5. The Morgan fingerprint density at radius 2 is 1.89 bits per heavy atom. The Bertz CT molecular complexity index is 1190. The van der Waals surface area contributed by atoms with Crippen molar-refractivity contribution in [1.82, 2.24) is 40.4 Å². The number of nitrogens with one attached hydrogen (secondary N) is 1. The number of pyridine rings is 1. The average Bonchev–Trinajstić information content (AvgIpc) is 3.58. The Morgan fingerprint density at radius 3 is 2.66 bits per heavy atom. The van der Waals surface area contributed by atoms with Gasteiger partial charge in [-0.2, -0.15) is 10.3 Å². The number of aromatic amines is 1. The van der Waals surface area contributed by atoms with E-state index < -0.39 is 0 Å². The summed E-state index contributed by atoms with van der Waals surface area (Å²) in [5, 5.41) is 19.4. The zero-order valence-electron chi connectivity index (χ0n) is 20.5. The molecular weight excluding hydrogens is 436 g/mol. The lowest BCUT2D eigenvalue weighted by Gasteiger charge is -2.20. The molecule has 3 heterocycles. The monoisotopic (exact) mass is 470 g/mol. The highest BCUT2D eigenvalue weighted by Gasteiger charge is 2.17. The van der Waals surface area contributed by atoms with E-state index in [9.17, 15) is 0 Å². The van der Waals surface area contributed by atoms with Crippen molar-refractivity contribution in [2.75, 3.05) is 0 Å². The maximum absolute atomic E-state index is 4.99. The van der Waals surface area contributed by atoms with Crippen molar-refractivity contribution in [1.29, 1.82) is 0 Å². The van der Waals surface area contributed by atoms with Gasteiger partial charge in [0.05, 0.1) is 0 Å². The lowest BCUT2D eigenvalue weighted by atomic mass is 9.86. The van der Waals surface area contributed by atoms with Crippen LogP contribution in [0.4, 0.5) is 0 Å². The first kappa shape index (κ1) is 23.3. The van der Waals surface area contributed by atoms with Gasteiger partial charge in [0.1, 0.15) is 5.82 Å². The maximum Gasteiger partial charge on any atom is 0.205 e. The number of aryl methyl sites for hydroxylation is 2. The van der Waals surface area contributed by atoms with Crippen LogP contribution in [0.1, 0.15) is 75.5 Å². The highest BCUT2D eigenvalue weighted by Crippen LogP contribution is 2.29. The van der Waals surface area contributed by atoms with Gasteiger partial charge in [0.2, 0.25) is 5.82 Å². The number of rotatable bonds is 10. The van der Waals surface area contributed by atoms with E-state index >= 15 is 0 Å². The smallest absolute Gasteiger partial charge is 0.205 e. The fourth-order valence-electron chi connectivity index (χ4n) is 5.04. The number of hydrogen-bond acceptors (Lipinski definition) is 6. The third-order valence-electron chi connectivity index (χ3n) is 7.05. The quantitative estimate of drug-likeness (QED) is 0.332. The summed E-state index contributed by atoms with van der Waals surface area (Å²) in [6.45, 7) is 3.16. The van der Waals surface area contributed by atoms with Crippen LogP contribution in [0.2, 0.25) is 0 Å². The maximum atomic E-state index is 4.99. The van der Waals surface area contributed by atoms with Crippen LogP contribution in [0.25, 0.3) is 22.5 Å². The third kappa shape index (κ3) is 5.81. The van der Waals surface area contributed by atoms with Crippen molar-refractivity contribution < 1.29 is 0 Å². The summed E-state index contributed by atoms with van der Waals surface area (Å²) >= 11 is 0. The Labute approximate surface area is 206 Å². The van der Waals surface area contributed by atoms with Crippen molar-refractivity contribution in [2.24, 2.45) is 5.92 Å². The largest absolute Gasteiger partial charge is 0.264 e. The molecule has 1 N–H and O–H groups in total. The Morgan fingerprint density at radius 1 is 1.03 bits per heavy atom. The normalized spacial score (nSPS) is 14.4. The van der Waals surface area contributed by atoms with Gasteiger partial charge < -0.3 is 0 Å². The van der Waals surface area contributed by atoms with E-state index in [0.717, 1.165) is 66.5 Å². The van der Waals surface area contributed by atoms with Gasteiger partial charge >= 0.3 is 0 Å². The second-order valence-corrected chi connectivity index (χ2v) is 9.59. The first-order chi connectivity index (χ1) is 17.3. The third-order valence-corrected chi connectivity index (χ3v) is 7.05. The molecule has 8 nitrogen and oxygen atoms in total. The molecule has 8 heteroatoms. The van der Waals surface area contributed by atoms with Crippen molar-refractivity contribution in [3.8, 4) is 22.5 Å². The molecular formula is C27H34N8. The fraction of sp³-hybridized carbons (Fsp3) is 0.481. The van der Waals surface area contributed by atoms with Crippen LogP contribution >= 0.6 is 0 Å². The Hall–Kier alpha value is -3.42. The van der Waals surface area contributed by atoms with Crippen LogP contribution in [0.15, 0.2) is 42.7 Å². The summed E-state index contributed by atoms with van der Waals surface area (Å²) in [4.78, 5) is 9.29. The first-order valence-corrected chi connectivity index (χ1v) is 13.0. The molecule has 5 rings (SSSR count). The van der Waals surface area contributed by atoms with Crippen LogP contribution < -0.4 is 0 Å². The van der Waals surface area contributed by atoms with E-state index in [1.807, 2.05) is 12.3 Å². The predicted molar refractivity (Wildman–Crippen MR) is 135 cm³/mol. The molecule has 182 valence electrons. The molecule has 0 saturated heterocycles. The number of H-pyrrole nitrogens is 1. The van der Waals surface area contributed by atoms with Crippen LogP contribution in [0, 0.1) is 5.92 Å². The van der Waals surface area contributed by atoms with Gasteiger partial charge in [-0.3, -0.25) is 4.98 Å². The van der Waals surface area contributed by atoms with Crippen LogP contribution in [-0.2, 0) is 19.4 Å². The molecule has 0 radical (unpaired) electrons. The summed E-state index contributed by atoms with van der Waals surface area (Å²) < 4.78 is 2.14. The van der Waals surface area contributed by atoms with E-state index in [4.69, 9.17) is 10.1 Å². The number of tetrazole rings is 1. The molecule has 35 heavy (non-hydrogen) atoms. The summed E-state index contributed by atoms with van der Waals surface area (Å²) in [7, 11) is 0. The molecule has 0 unspecified atom stereocenters. The molecule has 0 spiro atoms. The second kappa shape index (κ2) is 11.3. The van der Waals surface area contributed by atoms with E-state index in [1.54, 1.807) is 6.20 Å². The average molecular weight is 471 g/mol. The summed E-state index contributed by atoms with van der Waals surface area (Å²) in [6.07, 6.45) is 15.8. The highest BCUT2D eigenvalue weighted by molar-refractivity contribution is 5.79. The molecule has 0 amide bonds. The standard InChI is InChI=1S/C27H34N8/c1-2-3-17-35-26(29-25(32-35)14-11-20-7-5-4-6-8-20)18-21-9-12-22(13-10-21)24-19-28-16-15-23(24)27-30-33-34-31-27/h9-10,12-13,15-16,19-20H,2-8,11,14,17-18H2,1H3,(H,30,31,33,34). The zero-order chi connectivity index (χ0) is 23.9. The van der Waals surface area contributed by atoms with E-state index in [1.165, 1.54) is 44.1 Å². The Kier molecular flexibility index (Phi) is 7.56. The minimum Gasteiger partial charge on any atom is -0.264 e. The van der Waals surface area contributed by atoms with E-state index in [-0.39, 0.29) is 0 Å². The first-order valence-electron chi connectivity index (χ1n) is 13.0. The minimum atomic E-state index is 0.566. The molecule has 3 aromatic heterocycles. The molecule has 0 atom stereocenters. The topological polar surface area (TPSA) is 98.1 Å². The summed E-state index contributed by atoms with van der Waals surface area (Å²) in [5.74, 6) is 3.50. The lowest BCUT2D eigenvalue weighted by molar-refractivity contribution is 0.337. The van der Waals surface area contributed by atoms with Crippen LogP contribution in [0.3, 0.4) is 0 Å². The molecule has 1 aliphatic rings. The van der Waals surface area contributed by atoms with Crippen LogP contribution in [-0.4, -0.2) is 40.4 Å². The summed E-state index contributed by atoms with van der Waals surface area (Å²) in [6, 6.07) is 10.5. The molecule has 0 aliphatic heterocycles. The summed E-state index contributed by atoms with van der Waals surface area (Å²) in [5.41, 5.74) is 4.19. The minimum absolute atomic E-state index is 0.566. The van der Waals surface area contributed by atoms with Crippen molar-refractivity contribution in [2.45, 2.75) is 77.7 Å². The van der Waals surface area contributed by atoms with Gasteiger partial charge in [-0.25, -0.2) is 9.67 Å². The van der Waals surface area contributed by atoms with Gasteiger partial charge in [-0.1, -0.05) is 69.7 Å². The Balaban J connectivity index is 1.31. The lowest BCUT2D eigenvalue weighted by Crippen LogP contribution is -2.08. The molecule has 4 aromatic rings. The molecule has 1 aliphatic carbocycles. The fourth-order valence-corrected chi connectivity index (χ4v) is 5.04. The van der Waals surface area contributed by atoms with Gasteiger partial charge in [-0.15, -0.1) is 10.2 Å². The van der Waals surface area contributed by atoms with Crippen molar-refractivity contribution in [3.63, 3.8) is 0 Å². The van der Waals surface area contributed by atoms with Crippen molar-refractivity contribution >= 4 is 0 Å². The second-order valence-electron chi connectivity index (χ2n) is 9.59. The predicted octanol–water partition coefficient (Wildman–Crippen LogP) is 5.42. The molecule has 0 bridgehead atoms. The van der Waals surface area contributed by atoms with Gasteiger partial charge in [0.15, 0.2) is 5.82 Å².